The predicted octanol–water partition coefficient (Wildman–Crippen LogP) is -16.6. The SMILES string of the molecule is O=S(=O)([O-])c1cc([O-])c([O-])c(S(=O)(=O)[O-])c1.O=S(=O)([O-])c1cc([O-])c([O-])c(S(=O)(=O)[O-])c1.[H+].[Na+].[Na+].[Na+].[Na+].[Nd+3]. The van der Waals surface area contributed by atoms with Crippen molar-refractivity contribution in [3.05, 3.63) is 24.3 Å². The van der Waals surface area contributed by atoms with Crippen molar-refractivity contribution in [3.63, 3.8) is 0 Å². The van der Waals surface area contributed by atoms with E-state index in [0.717, 1.165) is 0 Å². The minimum atomic E-state index is -5.30. The Morgan fingerprint density at radius 3 is 0.838 bits per heavy atom. The minimum Gasteiger partial charge on any atom is -0.873 e. The Hall–Kier alpha value is 2.63. The van der Waals surface area contributed by atoms with Crippen LogP contribution >= 0.6 is 0 Å². The van der Waals surface area contributed by atoms with Gasteiger partial charge in [-0.1, -0.05) is 23.6 Å². The first kappa shape index (κ1) is 49.3. The molecular formula is C12H5Na4NdO16S4. The van der Waals surface area contributed by atoms with Gasteiger partial charge in [-0.15, -0.1) is 11.5 Å². The van der Waals surface area contributed by atoms with Gasteiger partial charge in [0.2, 0.25) is 0 Å². The molecule has 0 aliphatic heterocycles. The topological polar surface area (TPSA) is 321 Å². The Kier molecular flexibility index (Phi) is 24.4. The van der Waals surface area contributed by atoms with Gasteiger partial charge in [0.15, 0.2) is 0 Å². The molecule has 0 amide bonds. The monoisotopic (exact) mass is 767 g/mol. The van der Waals surface area contributed by atoms with Crippen LogP contribution in [0.2, 0.25) is 0 Å². The Bertz CT molecular complexity index is 1400. The predicted molar refractivity (Wildman–Crippen MR) is 83.6 cm³/mol. The number of benzene rings is 2. The molecule has 0 saturated heterocycles. The molecule has 2 rings (SSSR count). The summed E-state index contributed by atoms with van der Waals surface area (Å²) in [4.78, 5) is -5.55. The summed E-state index contributed by atoms with van der Waals surface area (Å²) in [6.45, 7) is 0. The van der Waals surface area contributed by atoms with E-state index in [1.807, 2.05) is 0 Å². The molecule has 0 unspecified atom stereocenters. The maximum Gasteiger partial charge on any atom is 3.00 e. The largest absolute Gasteiger partial charge is 3.00 e. The van der Waals surface area contributed by atoms with Crippen LogP contribution in [0.5, 0.6) is 23.0 Å². The molecule has 37 heavy (non-hydrogen) atoms. The van der Waals surface area contributed by atoms with Crippen molar-refractivity contribution >= 4 is 40.5 Å². The van der Waals surface area contributed by atoms with Crippen molar-refractivity contribution in [2.45, 2.75) is 19.6 Å². The first-order chi connectivity index (χ1) is 14.1. The molecule has 0 aromatic heterocycles. The van der Waals surface area contributed by atoms with Gasteiger partial charge in [-0.2, -0.15) is 0 Å². The standard InChI is InChI=1S/2C6H6O8S2.4Na.Nd/c2*7-4-1-3(15(9,10)11)2-5(6(4)8)16(12,13)14;;;;;/h2*1-2,7-8H,(H,9,10,11)(H,12,13,14);;;;;/q;;4*+1;+3/p-7. The average molecular weight is 770 g/mol. The molecule has 25 heteroatoms. The van der Waals surface area contributed by atoms with Crippen molar-refractivity contribution in [2.75, 3.05) is 0 Å². The van der Waals surface area contributed by atoms with Crippen LogP contribution in [-0.4, -0.2) is 51.9 Å². The average Bonchev–Trinajstić information content (AvgIpc) is 2.56. The van der Waals surface area contributed by atoms with E-state index in [1.165, 1.54) is 0 Å². The van der Waals surface area contributed by atoms with Gasteiger partial charge in [-0.3, -0.25) is 0 Å². The van der Waals surface area contributed by atoms with Crippen molar-refractivity contribution in [1.82, 2.24) is 0 Å². The molecule has 0 heterocycles. The summed E-state index contributed by atoms with van der Waals surface area (Å²) in [5, 5.41) is 43.5. The Labute approximate surface area is 333 Å². The molecule has 1 radical (unpaired) electrons. The normalized spacial score (nSPS) is 10.9. The zero-order valence-corrected chi connectivity index (χ0v) is 33.4. The summed E-state index contributed by atoms with van der Waals surface area (Å²) < 4.78 is 126. The molecule has 16 nitrogen and oxygen atoms in total. The fourth-order valence-corrected chi connectivity index (χ4v) is 4.14. The Morgan fingerprint density at radius 1 is 0.459 bits per heavy atom. The molecule has 0 saturated carbocycles. The maximum absolute atomic E-state index is 10.9. The molecule has 0 spiro atoms. The van der Waals surface area contributed by atoms with Crippen LogP contribution in [0.25, 0.3) is 0 Å². The van der Waals surface area contributed by atoms with Gasteiger partial charge < -0.3 is 38.6 Å². The molecule has 0 N–H and O–H groups in total. The Balaban J connectivity index is -0.000000116. The molecule has 0 aliphatic rings. The number of rotatable bonds is 4. The maximum atomic E-state index is 10.9. The zero-order chi connectivity index (χ0) is 25.4. The molecule has 2 aromatic rings. The van der Waals surface area contributed by atoms with E-state index in [-0.39, 0.29) is 185 Å². The molecule has 0 aliphatic carbocycles. The quantitative estimate of drug-likeness (QED) is 0.206. The van der Waals surface area contributed by atoms with Gasteiger partial charge in [0.05, 0.1) is 9.79 Å². The van der Waals surface area contributed by atoms with Gasteiger partial charge in [0, 0.05) is 9.79 Å². The van der Waals surface area contributed by atoms with Gasteiger partial charge in [0.25, 0.3) is 0 Å². The van der Waals surface area contributed by atoms with Crippen molar-refractivity contribution in [1.29, 1.82) is 0 Å². The number of hydrogen-bond acceptors (Lipinski definition) is 16. The third kappa shape index (κ3) is 15.1. The molecule has 0 fully saturated rings. The fraction of sp³-hybridized carbons (Fsp3) is 0. The van der Waals surface area contributed by atoms with Crippen LogP contribution in [0.15, 0.2) is 43.8 Å². The van der Waals surface area contributed by atoms with Crippen LogP contribution in [0.4, 0.5) is 0 Å². The second-order valence-corrected chi connectivity index (χ2v) is 10.8. The summed E-state index contributed by atoms with van der Waals surface area (Å²) in [5.41, 5.74) is 0. The van der Waals surface area contributed by atoms with E-state index in [2.05, 4.69) is 0 Å². The smallest absolute Gasteiger partial charge is 0.873 e. The molecular weight excluding hydrogens is 765 g/mol. The molecule has 0 atom stereocenters. The van der Waals surface area contributed by atoms with Gasteiger partial charge in [-0.25, -0.2) is 33.7 Å². The van der Waals surface area contributed by atoms with Gasteiger partial charge >= 0.3 is 160 Å². The van der Waals surface area contributed by atoms with Crippen LogP contribution < -0.4 is 139 Å². The Morgan fingerprint density at radius 2 is 0.676 bits per heavy atom. The van der Waals surface area contributed by atoms with E-state index in [9.17, 15) is 72.3 Å². The van der Waals surface area contributed by atoms with Gasteiger partial charge in [-0.05, 0) is 12.1 Å². The first-order valence-corrected chi connectivity index (χ1v) is 12.6. The van der Waals surface area contributed by atoms with E-state index in [1.54, 1.807) is 0 Å². The van der Waals surface area contributed by atoms with Crippen molar-refractivity contribution in [3.8, 4) is 23.0 Å². The summed E-state index contributed by atoms with van der Waals surface area (Å²) in [5.74, 6) is -6.43. The summed E-state index contributed by atoms with van der Waals surface area (Å²) in [6, 6.07) is 0.488. The van der Waals surface area contributed by atoms with E-state index in [0.29, 0.717) is 0 Å². The van der Waals surface area contributed by atoms with Crippen LogP contribution in [0, 0.1) is 40.8 Å². The van der Waals surface area contributed by atoms with E-state index < -0.39 is 83.1 Å². The second kappa shape index (κ2) is 18.3. The van der Waals surface area contributed by atoms with Crippen LogP contribution in [0.3, 0.4) is 0 Å². The third-order valence-electron chi connectivity index (χ3n) is 3.10. The third-order valence-corrected chi connectivity index (χ3v) is 6.41. The van der Waals surface area contributed by atoms with Gasteiger partial charge in [0.1, 0.15) is 40.5 Å². The van der Waals surface area contributed by atoms with Crippen molar-refractivity contribution in [2.24, 2.45) is 0 Å². The van der Waals surface area contributed by atoms with E-state index >= 15 is 0 Å². The van der Waals surface area contributed by atoms with Crippen molar-refractivity contribution < 1.29 is 233 Å². The molecule has 181 valence electrons. The van der Waals surface area contributed by atoms with E-state index in [4.69, 9.17) is 0 Å². The van der Waals surface area contributed by atoms with Crippen LogP contribution in [0.1, 0.15) is 1.43 Å². The number of hydrogen-bond donors (Lipinski definition) is 0. The molecule has 2 aromatic carbocycles. The molecule has 0 bridgehead atoms. The fourth-order valence-electron chi connectivity index (χ4n) is 1.77. The second-order valence-electron chi connectivity index (χ2n) is 5.31. The van der Waals surface area contributed by atoms with Crippen LogP contribution in [-0.2, 0) is 40.5 Å². The summed E-state index contributed by atoms with van der Waals surface area (Å²) in [7, 11) is -20.8. The summed E-state index contributed by atoms with van der Waals surface area (Å²) >= 11 is 0. The first-order valence-electron chi connectivity index (χ1n) is 6.94. The summed E-state index contributed by atoms with van der Waals surface area (Å²) in [6.07, 6.45) is 0. The minimum absolute atomic E-state index is 0. The zero-order valence-electron chi connectivity index (χ0n) is 20.0.